The van der Waals surface area contributed by atoms with Crippen molar-refractivity contribution >= 4 is 23.0 Å². The van der Waals surface area contributed by atoms with Crippen molar-refractivity contribution in [1.82, 2.24) is 9.97 Å². The molecule has 0 fully saturated rings. The number of carbonyl (C=O) groups is 1. The van der Waals surface area contributed by atoms with Gasteiger partial charge < -0.3 is 10.5 Å². The summed E-state index contributed by atoms with van der Waals surface area (Å²) < 4.78 is 5.07. The van der Waals surface area contributed by atoms with Crippen LogP contribution in [0.2, 0.25) is 0 Å². The van der Waals surface area contributed by atoms with Crippen LogP contribution in [0.5, 0.6) is 0 Å². The Hall–Kier alpha value is -1.95. The van der Waals surface area contributed by atoms with E-state index in [1.165, 1.54) is 11.3 Å². The predicted molar refractivity (Wildman–Crippen MR) is 64.6 cm³/mol. The van der Waals surface area contributed by atoms with Crippen molar-refractivity contribution in [1.29, 1.82) is 0 Å². The summed E-state index contributed by atoms with van der Waals surface area (Å²) in [4.78, 5) is 21.0. The number of esters is 1. The third-order valence-electron chi connectivity index (χ3n) is 2.11. The molecule has 0 unspecified atom stereocenters. The fourth-order valence-electron chi connectivity index (χ4n) is 1.20. The Morgan fingerprint density at radius 1 is 1.47 bits per heavy atom. The van der Waals surface area contributed by atoms with E-state index in [4.69, 9.17) is 10.5 Å². The molecule has 0 bridgehead atoms. The smallest absolute Gasteiger partial charge is 0.348 e. The highest BCUT2D eigenvalue weighted by molar-refractivity contribution is 7.14. The van der Waals surface area contributed by atoms with E-state index in [9.17, 15) is 4.79 Å². The molecule has 0 amide bonds. The molecule has 0 saturated carbocycles. The van der Waals surface area contributed by atoms with Crippen LogP contribution in [0.4, 0.5) is 5.69 Å². The van der Waals surface area contributed by atoms with Crippen LogP contribution >= 0.6 is 11.3 Å². The van der Waals surface area contributed by atoms with Crippen molar-refractivity contribution in [3.63, 3.8) is 0 Å². The summed E-state index contributed by atoms with van der Waals surface area (Å²) in [5.41, 5.74) is 6.27. The van der Waals surface area contributed by atoms with Crippen LogP contribution in [-0.2, 0) is 11.3 Å². The highest BCUT2D eigenvalue weighted by Crippen LogP contribution is 2.24. The number of hydrogen-bond donors (Lipinski definition) is 1. The molecular weight excluding hydrogens is 238 g/mol. The summed E-state index contributed by atoms with van der Waals surface area (Å²) in [5, 5.41) is 0. The Morgan fingerprint density at radius 2 is 2.18 bits per heavy atom. The fourth-order valence-corrected chi connectivity index (χ4v) is 2.04. The molecule has 5 nitrogen and oxygen atoms in total. The van der Waals surface area contributed by atoms with Crippen LogP contribution < -0.4 is 5.73 Å². The van der Waals surface area contributed by atoms with Crippen LogP contribution in [0.1, 0.15) is 20.4 Å². The first kappa shape index (κ1) is 11.5. The van der Waals surface area contributed by atoms with Crippen LogP contribution in [0, 0.1) is 6.92 Å². The molecule has 6 heteroatoms. The zero-order valence-electron chi connectivity index (χ0n) is 9.21. The third kappa shape index (κ3) is 2.79. The molecule has 0 aliphatic carbocycles. The number of anilines is 1. The molecule has 0 radical (unpaired) electrons. The van der Waals surface area contributed by atoms with E-state index in [0.717, 1.165) is 4.88 Å². The van der Waals surface area contributed by atoms with Gasteiger partial charge in [-0.2, -0.15) is 0 Å². The van der Waals surface area contributed by atoms with Crippen molar-refractivity contribution in [2.24, 2.45) is 0 Å². The van der Waals surface area contributed by atoms with Crippen LogP contribution in [0.15, 0.2) is 24.5 Å². The van der Waals surface area contributed by atoms with E-state index < -0.39 is 5.97 Å². The number of aromatic nitrogens is 2. The van der Waals surface area contributed by atoms with Gasteiger partial charge in [-0.15, -0.1) is 11.3 Å². The largest absolute Gasteiger partial charge is 0.453 e. The summed E-state index contributed by atoms with van der Waals surface area (Å²) in [5.74, 6) is 0.0735. The molecule has 0 saturated heterocycles. The first-order chi connectivity index (χ1) is 8.16. The summed E-state index contributed by atoms with van der Waals surface area (Å²) in [7, 11) is 0. The van der Waals surface area contributed by atoms with Gasteiger partial charge in [-0.1, -0.05) is 0 Å². The summed E-state index contributed by atoms with van der Waals surface area (Å²) in [6.45, 7) is 1.92. The lowest BCUT2D eigenvalue weighted by atomic mass is 10.4. The number of aryl methyl sites for hydroxylation is 1. The predicted octanol–water partition coefficient (Wildman–Crippen LogP) is 1.79. The molecule has 0 spiro atoms. The minimum Gasteiger partial charge on any atom is -0.453 e. The molecule has 0 aliphatic heterocycles. The molecule has 0 aliphatic rings. The second-order valence-electron chi connectivity index (χ2n) is 3.36. The number of nitrogens with zero attached hydrogens (tertiary/aromatic N) is 2. The Balaban J connectivity index is 1.98. The Bertz CT molecular complexity index is 505. The van der Waals surface area contributed by atoms with E-state index in [2.05, 4.69) is 9.97 Å². The first-order valence-corrected chi connectivity index (χ1v) is 5.77. The standard InChI is InChI=1S/C11H11N3O2S/c1-7-8(12)5-9(17-7)11(15)16-6-10-13-3-2-4-14-10/h2-5H,6,12H2,1H3. The first-order valence-electron chi connectivity index (χ1n) is 4.96. The fraction of sp³-hybridized carbons (Fsp3) is 0.182. The minimum absolute atomic E-state index is 0.0660. The number of nitrogen functional groups attached to an aromatic ring is 1. The summed E-state index contributed by atoms with van der Waals surface area (Å²) in [6.07, 6.45) is 3.20. The normalized spacial score (nSPS) is 10.2. The van der Waals surface area contributed by atoms with Gasteiger partial charge in [0.25, 0.3) is 0 Å². The van der Waals surface area contributed by atoms with E-state index in [-0.39, 0.29) is 6.61 Å². The lowest BCUT2D eigenvalue weighted by Crippen LogP contribution is -2.05. The average molecular weight is 249 g/mol. The second-order valence-corrected chi connectivity index (χ2v) is 4.62. The lowest BCUT2D eigenvalue weighted by Gasteiger charge is -2.00. The number of ether oxygens (including phenoxy) is 1. The number of carbonyl (C=O) groups excluding carboxylic acids is 1. The molecular formula is C11H11N3O2S. The van der Waals surface area contributed by atoms with Gasteiger partial charge in [0, 0.05) is 23.0 Å². The average Bonchev–Trinajstić information content (AvgIpc) is 2.68. The zero-order valence-corrected chi connectivity index (χ0v) is 10.0. The minimum atomic E-state index is -0.401. The van der Waals surface area contributed by atoms with Crippen molar-refractivity contribution in [3.8, 4) is 0 Å². The quantitative estimate of drug-likeness (QED) is 0.839. The van der Waals surface area contributed by atoms with Gasteiger partial charge in [0.15, 0.2) is 12.4 Å². The van der Waals surface area contributed by atoms with Crippen molar-refractivity contribution in [2.75, 3.05) is 5.73 Å². The number of hydrogen-bond acceptors (Lipinski definition) is 6. The van der Waals surface area contributed by atoms with E-state index in [1.54, 1.807) is 24.5 Å². The van der Waals surface area contributed by atoms with Crippen LogP contribution in [0.3, 0.4) is 0 Å². The monoisotopic (exact) mass is 249 g/mol. The van der Waals surface area contributed by atoms with Gasteiger partial charge in [-0.05, 0) is 19.1 Å². The van der Waals surface area contributed by atoms with Crippen LogP contribution in [0.25, 0.3) is 0 Å². The van der Waals surface area contributed by atoms with E-state index >= 15 is 0 Å². The molecule has 0 aromatic carbocycles. The highest BCUT2D eigenvalue weighted by atomic mass is 32.1. The number of thiophene rings is 1. The zero-order chi connectivity index (χ0) is 12.3. The lowest BCUT2D eigenvalue weighted by molar-refractivity contribution is 0.0468. The Kier molecular flexibility index (Phi) is 3.34. The second kappa shape index (κ2) is 4.92. The number of nitrogens with two attached hydrogens (primary N) is 1. The van der Waals surface area contributed by atoms with Gasteiger partial charge in [0.2, 0.25) is 0 Å². The van der Waals surface area contributed by atoms with Crippen molar-refractivity contribution in [3.05, 3.63) is 40.1 Å². The molecule has 88 valence electrons. The molecule has 2 aromatic rings. The molecule has 0 atom stereocenters. The van der Waals surface area contributed by atoms with Gasteiger partial charge in [-0.3, -0.25) is 0 Å². The maximum atomic E-state index is 11.7. The van der Waals surface area contributed by atoms with Crippen molar-refractivity contribution in [2.45, 2.75) is 13.5 Å². The third-order valence-corrected chi connectivity index (χ3v) is 3.16. The topological polar surface area (TPSA) is 78.1 Å². The molecule has 17 heavy (non-hydrogen) atoms. The van der Waals surface area contributed by atoms with Crippen molar-refractivity contribution < 1.29 is 9.53 Å². The van der Waals surface area contributed by atoms with E-state index in [1.807, 2.05) is 6.92 Å². The van der Waals surface area contributed by atoms with Gasteiger partial charge in [0.1, 0.15) is 4.88 Å². The Labute approximate surface area is 102 Å². The molecule has 2 N–H and O–H groups in total. The molecule has 2 aromatic heterocycles. The van der Waals surface area contributed by atoms with Gasteiger partial charge in [-0.25, -0.2) is 14.8 Å². The Morgan fingerprint density at radius 3 is 2.76 bits per heavy atom. The van der Waals surface area contributed by atoms with Gasteiger partial charge >= 0.3 is 5.97 Å². The van der Waals surface area contributed by atoms with Gasteiger partial charge in [0.05, 0.1) is 0 Å². The maximum Gasteiger partial charge on any atom is 0.348 e. The summed E-state index contributed by atoms with van der Waals surface area (Å²) in [6, 6.07) is 3.32. The number of rotatable bonds is 3. The SMILES string of the molecule is Cc1sc(C(=O)OCc2ncccn2)cc1N. The van der Waals surface area contributed by atoms with E-state index in [0.29, 0.717) is 16.4 Å². The molecule has 2 rings (SSSR count). The molecule has 2 heterocycles. The highest BCUT2D eigenvalue weighted by Gasteiger charge is 2.12. The summed E-state index contributed by atoms with van der Waals surface area (Å²) >= 11 is 1.32. The maximum absolute atomic E-state index is 11.7. The van der Waals surface area contributed by atoms with Crippen LogP contribution in [-0.4, -0.2) is 15.9 Å².